The lowest BCUT2D eigenvalue weighted by atomic mass is 9.42. The monoisotopic (exact) mass is 677 g/mol. The van der Waals surface area contributed by atoms with Gasteiger partial charge in [-0.1, -0.05) is 142 Å². The smallest absolute Gasteiger partial charge is 0.100 e. The molecule has 5 rings (SSSR count). The first-order valence-corrected chi connectivity index (χ1v) is 22.6. The van der Waals surface area contributed by atoms with Gasteiger partial charge in [-0.3, -0.25) is 0 Å². The average Bonchev–Trinajstić information content (AvgIpc) is 3.09. The fourth-order valence-electron chi connectivity index (χ4n) is 12.3. The molecule has 5 aliphatic rings. The van der Waals surface area contributed by atoms with Crippen LogP contribution >= 0.6 is 23.2 Å². The van der Waals surface area contributed by atoms with Crippen LogP contribution in [0.3, 0.4) is 0 Å². The molecule has 0 heterocycles. The molecule has 0 saturated heterocycles. The molecular formula is C44H78Cl2. The zero-order chi connectivity index (χ0) is 32.3. The molecule has 0 aromatic heterocycles. The first-order chi connectivity index (χ1) is 22.4. The van der Waals surface area contributed by atoms with E-state index < -0.39 is 4.33 Å². The third-order valence-electron chi connectivity index (χ3n) is 15.5. The summed E-state index contributed by atoms with van der Waals surface area (Å²) in [5, 5.41) is 0. The molecule has 2 heteroatoms. The van der Waals surface area contributed by atoms with Crippen molar-refractivity contribution in [3.05, 3.63) is 0 Å². The van der Waals surface area contributed by atoms with Crippen LogP contribution in [-0.4, -0.2) is 4.33 Å². The van der Waals surface area contributed by atoms with Crippen LogP contribution in [0.15, 0.2) is 0 Å². The van der Waals surface area contributed by atoms with Crippen LogP contribution in [0.1, 0.15) is 226 Å². The Kier molecular flexibility index (Phi) is 15.4. The van der Waals surface area contributed by atoms with Gasteiger partial charge in [0, 0.05) is 10.8 Å². The molecule has 0 radical (unpaired) electrons. The van der Waals surface area contributed by atoms with Gasteiger partial charge >= 0.3 is 0 Å². The van der Waals surface area contributed by atoms with Crippen molar-refractivity contribution in [2.45, 2.75) is 230 Å². The molecule has 0 bridgehead atoms. The van der Waals surface area contributed by atoms with Gasteiger partial charge in [0.05, 0.1) is 0 Å². The summed E-state index contributed by atoms with van der Waals surface area (Å²) < 4.78 is -0.460. The van der Waals surface area contributed by atoms with Crippen molar-refractivity contribution in [2.75, 3.05) is 0 Å². The predicted molar refractivity (Wildman–Crippen MR) is 204 cm³/mol. The van der Waals surface area contributed by atoms with E-state index in [4.69, 9.17) is 23.2 Å². The van der Waals surface area contributed by atoms with E-state index in [0.717, 1.165) is 35.5 Å². The summed E-state index contributed by atoms with van der Waals surface area (Å²) in [7, 11) is 0. The molecule has 0 nitrogen and oxygen atoms in total. The average molecular weight is 678 g/mol. The Hall–Kier alpha value is 0.580. The van der Waals surface area contributed by atoms with Crippen LogP contribution in [-0.2, 0) is 0 Å². The second-order valence-corrected chi connectivity index (χ2v) is 19.7. The normalized spacial score (nSPS) is 37.8. The molecule has 0 aliphatic heterocycles. The molecule has 2 spiro atoms. The molecule has 46 heavy (non-hydrogen) atoms. The zero-order valence-corrected chi connectivity index (χ0v) is 32.6. The molecule has 0 aromatic rings. The maximum atomic E-state index is 7.54. The lowest BCUT2D eigenvalue weighted by Crippen LogP contribution is -2.66. The van der Waals surface area contributed by atoms with E-state index in [0.29, 0.717) is 0 Å². The molecular weight excluding hydrogens is 599 g/mol. The molecule has 5 fully saturated rings. The maximum absolute atomic E-state index is 7.54. The van der Waals surface area contributed by atoms with Crippen molar-refractivity contribution in [3.8, 4) is 0 Å². The van der Waals surface area contributed by atoms with Crippen molar-refractivity contribution in [2.24, 2.45) is 46.3 Å². The lowest BCUT2D eigenvalue weighted by Gasteiger charge is -2.69. The van der Waals surface area contributed by atoms with E-state index in [9.17, 15) is 0 Å². The lowest BCUT2D eigenvalue weighted by molar-refractivity contribution is -0.122. The fourth-order valence-corrected chi connectivity index (χ4v) is 13.3. The van der Waals surface area contributed by atoms with E-state index in [2.05, 4.69) is 13.8 Å². The first kappa shape index (κ1) is 37.8. The van der Waals surface area contributed by atoms with Crippen LogP contribution in [0.2, 0.25) is 0 Å². The Balaban J connectivity index is 0.947. The highest BCUT2D eigenvalue weighted by molar-refractivity contribution is 6.50. The largest absolute Gasteiger partial charge is 0.129 e. The summed E-state index contributed by atoms with van der Waals surface area (Å²) >= 11 is 15.1. The summed E-state index contributed by atoms with van der Waals surface area (Å²) in [4.78, 5) is 0. The van der Waals surface area contributed by atoms with Gasteiger partial charge in [0.15, 0.2) is 0 Å². The standard InChI is InChI=1S/C44H78Cl2/c1-3-5-7-9-11-13-15-17-36-19-23-38(24-20-36)40-27-31-42(32-28-40)35-43(44(42,45)46)33-29-41(30-34-43)39-25-21-37(22-26-39)18-16-14-12-10-8-6-4-2/h36-41H,3-35H2,1-2H3. The predicted octanol–water partition coefficient (Wildman–Crippen LogP) is 15.8. The molecule has 0 atom stereocenters. The van der Waals surface area contributed by atoms with E-state index in [1.54, 1.807) is 0 Å². The number of unbranched alkanes of at least 4 members (excludes halogenated alkanes) is 12. The van der Waals surface area contributed by atoms with Gasteiger partial charge in [0.25, 0.3) is 0 Å². The van der Waals surface area contributed by atoms with Crippen LogP contribution < -0.4 is 0 Å². The van der Waals surface area contributed by atoms with Gasteiger partial charge in [-0.05, 0) is 119 Å². The zero-order valence-electron chi connectivity index (χ0n) is 31.1. The number of hydrogen-bond donors (Lipinski definition) is 0. The highest BCUT2D eigenvalue weighted by Gasteiger charge is 2.72. The molecule has 0 N–H and O–H groups in total. The molecule has 5 saturated carbocycles. The summed E-state index contributed by atoms with van der Waals surface area (Å²) in [6.45, 7) is 4.64. The van der Waals surface area contributed by atoms with Crippen LogP contribution in [0.5, 0.6) is 0 Å². The van der Waals surface area contributed by atoms with Gasteiger partial charge in [-0.15, -0.1) is 23.2 Å². The fraction of sp³-hybridized carbons (Fsp3) is 1.00. The van der Waals surface area contributed by atoms with Crippen LogP contribution in [0, 0.1) is 46.3 Å². The maximum Gasteiger partial charge on any atom is 0.129 e. The van der Waals surface area contributed by atoms with Crippen molar-refractivity contribution in [3.63, 3.8) is 0 Å². The molecule has 268 valence electrons. The van der Waals surface area contributed by atoms with E-state index in [1.807, 2.05) is 0 Å². The molecule has 5 aliphatic carbocycles. The summed E-state index contributed by atoms with van der Waals surface area (Å²) in [5.74, 6) is 5.99. The quantitative estimate of drug-likeness (QED) is 0.100. The second kappa shape index (κ2) is 18.7. The number of alkyl halides is 2. The van der Waals surface area contributed by atoms with Gasteiger partial charge in [-0.2, -0.15) is 0 Å². The van der Waals surface area contributed by atoms with Gasteiger partial charge in [-0.25, -0.2) is 0 Å². The van der Waals surface area contributed by atoms with Crippen LogP contribution in [0.4, 0.5) is 0 Å². The first-order valence-electron chi connectivity index (χ1n) is 21.8. The number of rotatable bonds is 18. The third-order valence-corrected chi connectivity index (χ3v) is 17.1. The van der Waals surface area contributed by atoms with E-state index in [-0.39, 0.29) is 10.8 Å². The summed E-state index contributed by atoms with van der Waals surface area (Å²) in [5.41, 5.74) is 0.476. The highest BCUT2D eigenvalue weighted by Crippen LogP contribution is 2.77. The molecule has 0 unspecified atom stereocenters. The summed E-state index contributed by atoms with van der Waals surface area (Å²) in [6, 6.07) is 0. The van der Waals surface area contributed by atoms with E-state index in [1.165, 1.54) is 212 Å². The highest BCUT2D eigenvalue weighted by atomic mass is 35.5. The van der Waals surface area contributed by atoms with Gasteiger partial charge in [0.1, 0.15) is 4.33 Å². The van der Waals surface area contributed by atoms with Gasteiger partial charge < -0.3 is 0 Å². The Labute approximate surface area is 298 Å². The van der Waals surface area contributed by atoms with Gasteiger partial charge in [0.2, 0.25) is 0 Å². The molecule has 0 amide bonds. The number of halogens is 2. The topological polar surface area (TPSA) is 0 Å². The van der Waals surface area contributed by atoms with Crippen molar-refractivity contribution >= 4 is 23.2 Å². The van der Waals surface area contributed by atoms with Crippen molar-refractivity contribution in [1.29, 1.82) is 0 Å². The van der Waals surface area contributed by atoms with Crippen molar-refractivity contribution in [1.82, 2.24) is 0 Å². The Morgan fingerprint density at radius 2 is 0.696 bits per heavy atom. The Morgan fingerprint density at radius 3 is 1.02 bits per heavy atom. The Morgan fingerprint density at radius 1 is 0.391 bits per heavy atom. The Bertz CT molecular complexity index is 749. The third kappa shape index (κ3) is 9.46. The van der Waals surface area contributed by atoms with Crippen LogP contribution in [0.25, 0.3) is 0 Å². The summed E-state index contributed by atoms with van der Waals surface area (Å²) in [6.07, 6.45) is 47.8. The van der Waals surface area contributed by atoms with Crippen molar-refractivity contribution < 1.29 is 0 Å². The molecule has 0 aromatic carbocycles. The number of hydrogen-bond acceptors (Lipinski definition) is 0. The minimum atomic E-state index is -0.460. The second-order valence-electron chi connectivity index (χ2n) is 18.4. The minimum absolute atomic E-state index is 0.238. The SMILES string of the molecule is CCCCCCCCCC1CCC(C2CCC3(CC2)CC2(CCC(C4CCC(CCCCCCCCC)CC4)CC2)C3(Cl)Cl)CC1. The minimum Gasteiger partial charge on any atom is -0.100 e. The van der Waals surface area contributed by atoms with E-state index >= 15 is 0 Å².